The third-order valence-corrected chi connectivity index (χ3v) is 6.13. The van der Waals surface area contributed by atoms with E-state index in [0.29, 0.717) is 12.1 Å². The zero-order valence-electron chi connectivity index (χ0n) is 20.7. The van der Waals surface area contributed by atoms with Crippen LogP contribution in [0.5, 0.6) is 0 Å². The largest absolute Gasteiger partial charge is 0.380 e. The van der Waals surface area contributed by atoms with Crippen molar-refractivity contribution in [3.05, 3.63) is 82.6 Å². The van der Waals surface area contributed by atoms with E-state index >= 15 is 0 Å². The molecule has 0 fully saturated rings. The molecule has 2 aliphatic carbocycles. The van der Waals surface area contributed by atoms with E-state index in [1.165, 1.54) is 16.7 Å². The smallest absolute Gasteiger partial charge is 0.296 e. The first-order chi connectivity index (χ1) is 17.4. The minimum absolute atomic E-state index is 0.204. The monoisotopic (exact) mass is 490 g/mol. The van der Waals surface area contributed by atoms with Gasteiger partial charge in [0.2, 0.25) is 0 Å². The SMILES string of the molecule is CN(C)CC1=CCC(N/C(C2=CCCC=C2)=C2\CNc3cc(C#CC(=O)NCC(F)F)ccc32)C=C1. The van der Waals surface area contributed by atoms with Crippen molar-refractivity contribution < 1.29 is 13.6 Å². The second-order valence-corrected chi connectivity index (χ2v) is 9.32. The van der Waals surface area contributed by atoms with Crippen molar-refractivity contribution in [1.82, 2.24) is 15.5 Å². The van der Waals surface area contributed by atoms with E-state index in [1.807, 2.05) is 18.2 Å². The summed E-state index contributed by atoms with van der Waals surface area (Å²) in [4.78, 5) is 13.8. The maximum absolute atomic E-state index is 12.3. The highest BCUT2D eigenvalue weighted by Crippen LogP contribution is 2.36. The van der Waals surface area contributed by atoms with E-state index in [9.17, 15) is 13.6 Å². The van der Waals surface area contributed by atoms with Gasteiger partial charge in [0.15, 0.2) is 0 Å². The molecular weight excluding hydrogens is 458 g/mol. The maximum atomic E-state index is 12.3. The van der Waals surface area contributed by atoms with Gasteiger partial charge >= 0.3 is 0 Å². The fourth-order valence-corrected chi connectivity index (χ4v) is 4.46. The van der Waals surface area contributed by atoms with Gasteiger partial charge in [0.1, 0.15) is 0 Å². The number of carbonyl (C=O) groups excluding carboxylic acids is 1. The fourth-order valence-electron chi connectivity index (χ4n) is 4.46. The third-order valence-electron chi connectivity index (χ3n) is 6.13. The molecule has 1 aliphatic heterocycles. The van der Waals surface area contributed by atoms with E-state index < -0.39 is 18.9 Å². The molecule has 1 amide bonds. The van der Waals surface area contributed by atoms with Gasteiger partial charge in [0, 0.05) is 53.1 Å². The number of halogens is 2. The van der Waals surface area contributed by atoms with Crippen molar-refractivity contribution in [2.24, 2.45) is 0 Å². The molecule has 1 aromatic carbocycles. The molecule has 188 valence electrons. The molecule has 1 unspecified atom stereocenters. The molecule has 0 saturated heterocycles. The minimum atomic E-state index is -2.60. The Morgan fingerprint density at radius 1 is 1.22 bits per heavy atom. The highest BCUT2D eigenvalue weighted by atomic mass is 19.3. The minimum Gasteiger partial charge on any atom is -0.380 e. The number of hydrogen-bond acceptors (Lipinski definition) is 4. The van der Waals surface area contributed by atoms with Crippen molar-refractivity contribution in [3.63, 3.8) is 0 Å². The Labute approximate surface area is 211 Å². The molecule has 36 heavy (non-hydrogen) atoms. The van der Waals surface area contributed by atoms with Crippen LogP contribution in [0.4, 0.5) is 14.5 Å². The number of allylic oxidation sites excluding steroid dienone is 3. The second-order valence-electron chi connectivity index (χ2n) is 9.32. The third kappa shape index (κ3) is 6.73. The van der Waals surface area contributed by atoms with Crippen LogP contribution in [0.1, 0.15) is 30.4 Å². The van der Waals surface area contributed by atoms with E-state index in [2.05, 4.69) is 83.2 Å². The molecule has 0 aromatic heterocycles. The number of rotatable bonds is 7. The predicted molar refractivity (Wildman–Crippen MR) is 142 cm³/mol. The summed E-state index contributed by atoms with van der Waals surface area (Å²) in [6, 6.07) is 5.97. The number of anilines is 1. The van der Waals surface area contributed by atoms with Crippen LogP contribution in [-0.4, -0.2) is 57.0 Å². The summed E-state index contributed by atoms with van der Waals surface area (Å²) in [5.74, 6) is 4.44. The lowest BCUT2D eigenvalue weighted by molar-refractivity contribution is -0.116. The van der Waals surface area contributed by atoms with Gasteiger partial charge in [-0.3, -0.25) is 4.79 Å². The first-order valence-corrected chi connectivity index (χ1v) is 12.2. The molecule has 5 nitrogen and oxygen atoms in total. The van der Waals surface area contributed by atoms with Gasteiger partial charge in [-0.05, 0) is 56.6 Å². The van der Waals surface area contributed by atoms with Gasteiger partial charge in [-0.2, -0.15) is 0 Å². The normalized spacial score (nSPS) is 19.7. The van der Waals surface area contributed by atoms with E-state index in [-0.39, 0.29) is 6.04 Å². The Kier molecular flexibility index (Phi) is 8.40. The molecule has 3 aliphatic rings. The maximum Gasteiger partial charge on any atom is 0.296 e. The van der Waals surface area contributed by atoms with Crippen LogP contribution in [0.15, 0.2) is 71.5 Å². The van der Waals surface area contributed by atoms with Gasteiger partial charge in [-0.25, -0.2) is 8.78 Å². The lowest BCUT2D eigenvalue weighted by Crippen LogP contribution is -2.30. The topological polar surface area (TPSA) is 56.4 Å². The van der Waals surface area contributed by atoms with Crippen molar-refractivity contribution in [1.29, 1.82) is 0 Å². The molecule has 0 radical (unpaired) electrons. The molecule has 0 saturated carbocycles. The van der Waals surface area contributed by atoms with Crippen molar-refractivity contribution >= 4 is 17.2 Å². The summed E-state index contributed by atoms with van der Waals surface area (Å²) < 4.78 is 24.5. The van der Waals surface area contributed by atoms with Crippen molar-refractivity contribution in [2.75, 3.05) is 39.0 Å². The Morgan fingerprint density at radius 2 is 2.08 bits per heavy atom. The highest BCUT2D eigenvalue weighted by molar-refractivity contribution is 5.94. The molecule has 1 aromatic rings. The number of nitrogens with zero attached hydrogens (tertiary/aromatic N) is 1. The summed E-state index contributed by atoms with van der Waals surface area (Å²) in [7, 11) is 4.15. The summed E-state index contributed by atoms with van der Waals surface area (Å²) in [6.45, 7) is 0.907. The number of hydrogen-bond donors (Lipinski definition) is 3. The van der Waals surface area contributed by atoms with Crippen LogP contribution >= 0.6 is 0 Å². The molecule has 4 rings (SSSR count). The summed E-state index contributed by atoms with van der Waals surface area (Å²) >= 11 is 0. The van der Waals surface area contributed by atoms with E-state index in [4.69, 9.17) is 0 Å². The molecule has 0 bridgehead atoms. The fraction of sp³-hybridized carbons (Fsp3) is 0.345. The van der Waals surface area contributed by atoms with Gasteiger partial charge in [-0.15, -0.1) is 0 Å². The van der Waals surface area contributed by atoms with Crippen molar-refractivity contribution in [2.45, 2.75) is 31.7 Å². The quantitative estimate of drug-likeness (QED) is 0.501. The van der Waals surface area contributed by atoms with E-state index in [1.54, 1.807) is 0 Å². The lowest BCUT2D eigenvalue weighted by atomic mass is 9.95. The van der Waals surface area contributed by atoms with Gasteiger partial charge in [0.05, 0.1) is 6.54 Å². The summed E-state index contributed by atoms with van der Waals surface area (Å²) in [5.41, 5.74) is 7.52. The van der Waals surface area contributed by atoms with E-state index in [0.717, 1.165) is 42.8 Å². The van der Waals surface area contributed by atoms with Crippen LogP contribution in [0, 0.1) is 11.8 Å². The highest BCUT2D eigenvalue weighted by Gasteiger charge is 2.23. The number of alkyl halides is 2. The van der Waals surface area contributed by atoms with Crippen molar-refractivity contribution in [3.8, 4) is 11.8 Å². The second kappa shape index (κ2) is 11.9. The molecule has 1 atom stereocenters. The zero-order valence-corrected chi connectivity index (χ0v) is 20.7. The zero-order chi connectivity index (χ0) is 25.5. The molecule has 3 N–H and O–H groups in total. The van der Waals surface area contributed by atoms with Gasteiger partial charge < -0.3 is 20.9 Å². The molecule has 1 heterocycles. The average molecular weight is 491 g/mol. The summed E-state index contributed by atoms with van der Waals surface area (Å²) in [5, 5.41) is 9.34. The average Bonchev–Trinajstić information content (AvgIpc) is 3.29. The first kappa shape index (κ1) is 25.5. The van der Waals surface area contributed by atoms with Crippen LogP contribution in [-0.2, 0) is 4.79 Å². The Hall–Kier alpha value is -3.63. The number of amides is 1. The Morgan fingerprint density at radius 3 is 2.78 bits per heavy atom. The standard InChI is InChI=1S/C29H32F2N4O/c1-35(2)19-21-8-12-23(13-9-21)34-29(22-6-4-3-5-7-22)25-17-32-26-16-20(10-14-24(25)26)11-15-28(36)33-18-27(30)31/h4,6-10,12,14,16,23,27,32,34H,3,5,13,17-19H2,1-2H3,(H,33,36)/b29-25+. The molecular formula is C29H32F2N4O. The Bertz CT molecular complexity index is 1210. The summed E-state index contributed by atoms with van der Waals surface area (Å²) in [6.07, 6.45) is 13.8. The number of benzene rings is 1. The van der Waals surface area contributed by atoms with Gasteiger partial charge in [-0.1, -0.05) is 48.4 Å². The number of carbonyl (C=O) groups is 1. The van der Waals surface area contributed by atoms with Crippen LogP contribution in [0.25, 0.3) is 5.57 Å². The van der Waals surface area contributed by atoms with Crippen LogP contribution in [0.3, 0.4) is 0 Å². The number of fused-ring (bicyclic) bond motifs is 1. The lowest BCUT2D eigenvalue weighted by Gasteiger charge is -2.25. The van der Waals surface area contributed by atoms with Crippen LogP contribution < -0.4 is 16.0 Å². The number of likely N-dealkylation sites (N-methyl/N-ethyl adjacent to an activating group) is 1. The molecule has 7 heteroatoms. The Balaban J connectivity index is 1.56. The molecule has 0 spiro atoms. The van der Waals surface area contributed by atoms with Gasteiger partial charge in [0.25, 0.3) is 12.3 Å². The van der Waals surface area contributed by atoms with Crippen LogP contribution in [0.2, 0.25) is 0 Å². The first-order valence-electron chi connectivity index (χ1n) is 12.2. The number of nitrogens with one attached hydrogen (secondary N) is 3. The predicted octanol–water partition coefficient (Wildman–Crippen LogP) is 4.24.